The third-order valence-electron chi connectivity index (χ3n) is 2.70. The van der Waals surface area contributed by atoms with E-state index in [0.717, 1.165) is 11.3 Å². The Hall–Kier alpha value is -1.78. The van der Waals surface area contributed by atoms with Crippen molar-refractivity contribution in [3.8, 4) is 0 Å². The highest BCUT2D eigenvalue weighted by Gasteiger charge is 2.21. The summed E-state index contributed by atoms with van der Waals surface area (Å²) in [6.07, 6.45) is 3.79. The van der Waals surface area contributed by atoms with Gasteiger partial charge in [0.25, 0.3) is 0 Å². The number of aromatic carboxylic acids is 1. The molecule has 2 aromatic rings. The molecule has 0 aliphatic heterocycles. The lowest BCUT2D eigenvalue weighted by Crippen LogP contribution is -2.25. The number of carboxylic acid groups (broad SMARTS) is 1. The number of aromatic nitrogens is 3. The lowest BCUT2D eigenvalue weighted by atomic mass is 10.4. The highest BCUT2D eigenvalue weighted by molar-refractivity contribution is 7.89. The molecule has 8 nitrogen and oxygen atoms in total. The first-order chi connectivity index (χ1) is 9.90. The van der Waals surface area contributed by atoms with Crippen LogP contribution in [0.5, 0.6) is 0 Å². The highest BCUT2D eigenvalue weighted by Crippen LogP contribution is 2.25. The van der Waals surface area contributed by atoms with E-state index in [4.69, 9.17) is 5.11 Å². The second-order valence-corrected chi connectivity index (χ2v) is 7.25. The van der Waals surface area contributed by atoms with Crippen molar-refractivity contribution in [3.63, 3.8) is 0 Å². The minimum Gasteiger partial charge on any atom is -0.477 e. The van der Waals surface area contributed by atoms with E-state index in [1.807, 2.05) is 0 Å². The molecular formula is C11H14N4O4S2. The Morgan fingerprint density at radius 1 is 1.52 bits per heavy atom. The summed E-state index contributed by atoms with van der Waals surface area (Å²) < 4.78 is 28.3. The van der Waals surface area contributed by atoms with Gasteiger partial charge in [-0.1, -0.05) is 5.21 Å². The van der Waals surface area contributed by atoms with Crippen molar-refractivity contribution >= 4 is 27.3 Å². The lowest BCUT2D eigenvalue weighted by Gasteiger charge is -2.06. The van der Waals surface area contributed by atoms with Gasteiger partial charge in [-0.2, -0.15) is 0 Å². The van der Waals surface area contributed by atoms with Crippen molar-refractivity contribution in [1.82, 2.24) is 19.7 Å². The van der Waals surface area contributed by atoms with Crippen molar-refractivity contribution in [2.45, 2.75) is 24.8 Å². The zero-order chi connectivity index (χ0) is 15.5. The van der Waals surface area contributed by atoms with Crippen LogP contribution in [0.25, 0.3) is 0 Å². The Balaban J connectivity index is 1.96. The molecule has 0 spiro atoms. The van der Waals surface area contributed by atoms with Crippen LogP contribution in [-0.4, -0.2) is 41.0 Å². The molecule has 21 heavy (non-hydrogen) atoms. The molecule has 0 aliphatic carbocycles. The van der Waals surface area contributed by atoms with Gasteiger partial charge in [0.05, 0.1) is 11.1 Å². The van der Waals surface area contributed by atoms with Gasteiger partial charge in [-0.25, -0.2) is 17.9 Å². The molecule has 0 radical (unpaired) electrons. The average molecular weight is 330 g/mol. The molecule has 0 bridgehead atoms. The molecule has 0 aliphatic rings. The molecule has 2 heterocycles. The van der Waals surface area contributed by atoms with Crippen molar-refractivity contribution in [2.75, 3.05) is 6.54 Å². The summed E-state index contributed by atoms with van der Waals surface area (Å²) in [5.74, 6) is -1.13. The maximum absolute atomic E-state index is 12.1. The van der Waals surface area contributed by atoms with E-state index in [1.165, 1.54) is 6.07 Å². The van der Waals surface area contributed by atoms with Crippen LogP contribution in [0.2, 0.25) is 0 Å². The first kappa shape index (κ1) is 15.6. The van der Waals surface area contributed by atoms with Crippen LogP contribution in [0, 0.1) is 6.92 Å². The van der Waals surface area contributed by atoms with Crippen LogP contribution in [0.4, 0.5) is 0 Å². The molecule has 0 saturated heterocycles. The predicted molar refractivity (Wildman–Crippen MR) is 75.8 cm³/mol. The van der Waals surface area contributed by atoms with Crippen molar-refractivity contribution < 1.29 is 18.3 Å². The highest BCUT2D eigenvalue weighted by atomic mass is 32.2. The largest absolute Gasteiger partial charge is 0.477 e. The molecule has 0 saturated carbocycles. The zero-order valence-electron chi connectivity index (χ0n) is 11.2. The summed E-state index contributed by atoms with van der Waals surface area (Å²) >= 11 is 0.945. The quantitative estimate of drug-likeness (QED) is 0.723. The van der Waals surface area contributed by atoms with E-state index in [0.29, 0.717) is 17.8 Å². The van der Waals surface area contributed by atoms with Gasteiger partial charge in [0, 0.05) is 24.2 Å². The molecule has 2 aromatic heterocycles. The standard InChI is InChI=1S/C11H14N4O4S2/c1-8-10(7-9(20-8)11(16)17)21(18,19)13-3-2-5-15-6-4-12-14-15/h4,6-7,13H,2-3,5H2,1H3,(H,16,17). The second kappa shape index (κ2) is 6.33. The van der Waals surface area contributed by atoms with E-state index in [2.05, 4.69) is 15.0 Å². The summed E-state index contributed by atoms with van der Waals surface area (Å²) in [6, 6.07) is 1.18. The number of hydrogen-bond acceptors (Lipinski definition) is 6. The van der Waals surface area contributed by atoms with Crippen LogP contribution in [0.3, 0.4) is 0 Å². The maximum atomic E-state index is 12.1. The Morgan fingerprint density at radius 3 is 2.86 bits per heavy atom. The Labute approximate surface area is 125 Å². The fourth-order valence-corrected chi connectivity index (χ4v) is 4.22. The molecule has 0 atom stereocenters. The van der Waals surface area contributed by atoms with E-state index >= 15 is 0 Å². The van der Waals surface area contributed by atoms with Crippen molar-refractivity contribution in [2.24, 2.45) is 0 Å². The Kier molecular flexibility index (Phi) is 4.70. The SMILES string of the molecule is Cc1sc(C(=O)O)cc1S(=O)(=O)NCCCn1ccnn1. The fourth-order valence-electron chi connectivity index (χ4n) is 1.71. The minimum absolute atomic E-state index is 0.00971. The van der Waals surface area contributed by atoms with Gasteiger partial charge < -0.3 is 5.11 Å². The van der Waals surface area contributed by atoms with Gasteiger partial charge in [0.2, 0.25) is 10.0 Å². The predicted octanol–water partition coefficient (Wildman–Crippen LogP) is 0.715. The van der Waals surface area contributed by atoms with Gasteiger partial charge in [-0.3, -0.25) is 4.68 Å². The van der Waals surface area contributed by atoms with Crippen molar-refractivity contribution in [1.29, 1.82) is 0 Å². The summed E-state index contributed by atoms with van der Waals surface area (Å²) in [7, 11) is -3.69. The smallest absolute Gasteiger partial charge is 0.345 e. The zero-order valence-corrected chi connectivity index (χ0v) is 12.8. The van der Waals surface area contributed by atoms with Gasteiger partial charge in [-0.05, 0) is 19.4 Å². The molecule has 2 N–H and O–H groups in total. The van der Waals surface area contributed by atoms with E-state index in [-0.39, 0.29) is 16.3 Å². The minimum atomic E-state index is -3.69. The lowest BCUT2D eigenvalue weighted by molar-refractivity contribution is 0.0702. The van der Waals surface area contributed by atoms with Gasteiger partial charge in [-0.15, -0.1) is 16.4 Å². The molecule has 2 rings (SSSR count). The van der Waals surface area contributed by atoms with Crippen LogP contribution in [0.1, 0.15) is 21.0 Å². The number of sulfonamides is 1. The Morgan fingerprint density at radius 2 is 2.29 bits per heavy atom. The van der Waals surface area contributed by atoms with Gasteiger partial charge in [0.15, 0.2) is 0 Å². The fraction of sp³-hybridized carbons (Fsp3) is 0.364. The summed E-state index contributed by atoms with van der Waals surface area (Å²) in [4.78, 5) is 11.3. The van der Waals surface area contributed by atoms with Crippen LogP contribution >= 0.6 is 11.3 Å². The first-order valence-electron chi connectivity index (χ1n) is 6.07. The van der Waals surface area contributed by atoms with Crippen LogP contribution < -0.4 is 4.72 Å². The first-order valence-corrected chi connectivity index (χ1v) is 8.37. The topological polar surface area (TPSA) is 114 Å². The van der Waals surface area contributed by atoms with Crippen LogP contribution in [-0.2, 0) is 16.6 Å². The maximum Gasteiger partial charge on any atom is 0.345 e. The van der Waals surface area contributed by atoms with Crippen LogP contribution in [0.15, 0.2) is 23.4 Å². The third kappa shape index (κ3) is 3.86. The number of nitrogens with zero attached hydrogens (tertiary/aromatic N) is 3. The number of hydrogen-bond donors (Lipinski definition) is 2. The number of nitrogens with one attached hydrogen (secondary N) is 1. The van der Waals surface area contributed by atoms with E-state index < -0.39 is 16.0 Å². The van der Waals surface area contributed by atoms with Gasteiger partial charge in [0.1, 0.15) is 4.88 Å². The third-order valence-corrected chi connectivity index (χ3v) is 5.46. The number of rotatable bonds is 7. The van der Waals surface area contributed by atoms with E-state index in [9.17, 15) is 13.2 Å². The summed E-state index contributed by atoms with van der Waals surface area (Å²) in [5, 5.41) is 16.3. The second-order valence-electron chi connectivity index (χ2n) is 4.25. The molecule has 10 heteroatoms. The van der Waals surface area contributed by atoms with E-state index in [1.54, 1.807) is 24.0 Å². The molecule has 0 aromatic carbocycles. The number of carboxylic acids is 1. The molecule has 0 unspecified atom stereocenters. The Bertz CT molecular complexity index is 721. The molecule has 0 fully saturated rings. The van der Waals surface area contributed by atoms with Gasteiger partial charge >= 0.3 is 5.97 Å². The molecule has 0 amide bonds. The summed E-state index contributed by atoms with van der Waals surface area (Å²) in [5.41, 5.74) is 0. The molecule has 114 valence electrons. The number of carbonyl (C=O) groups is 1. The summed E-state index contributed by atoms with van der Waals surface area (Å²) in [6.45, 7) is 2.37. The monoisotopic (exact) mass is 330 g/mol. The number of thiophene rings is 1. The normalized spacial score (nSPS) is 11.7. The van der Waals surface area contributed by atoms with Crippen molar-refractivity contribution in [3.05, 3.63) is 28.2 Å². The molecular weight excluding hydrogens is 316 g/mol. The average Bonchev–Trinajstić information content (AvgIpc) is 3.04. The number of aryl methyl sites for hydroxylation is 2.